The molecule has 1 aromatic carbocycles. The average Bonchev–Trinajstić information content (AvgIpc) is 2.21. The van der Waals surface area contributed by atoms with Crippen LogP contribution in [0, 0.1) is 0 Å². The molecule has 1 rings (SSSR count). The minimum atomic E-state index is 0.358. The fourth-order valence-corrected chi connectivity index (χ4v) is 1.91. The van der Waals surface area contributed by atoms with Gasteiger partial charge in [-0.15, -0.1) is 0 Å². The largest absolute Gasteiger partial charge is 0.508 e. The molecule has 0 amide bonds. The smallest absolute Gasteiger partial charge is 0.115 e. The average molecular weight is 210 g/mol. The molecule has 0 fully saturated rings. The van der Waals surface area contributed by atoms with E-state index in [9.17, 15) is 0 Å². The summed E-state index contributed by atoms with van der Waals surface area (Å²) in [5.41, 5.74) is 1.33. The minimum absolute atomic E-state index is 0.358. The van der Waals surface area contributed by atoms with Gasteiger partial charge in [-0.1, -0.05) is 18.6 Å². The highest BCUT2D eigenvalue weighted by Crippen LogP contribution is 2.12. The molecule has 1 aromatic rings. The standard InChI is InChI=1S/C12H18OS/c1-14-10-4-2-3-5-11-6-8-12(13)9-7-11/h6-9,13H,2-5,10H2,1H3. The van der Waals surface area contributed by atoms with Crippen molar-refractivity contribution in [1.29, 1.82) is 0 Å². The zero-order chi connectivity index (χ0) is 10.2. The molecular weight excluding hydrogens is 192 g/mol. The Morgan fingerprint density at radius 3 is 2.43 bits per heavy atom. The molecule has 0 aliphatic carbocycles. The molecule has 0 heterocycles. The maximum absolute atomic E-state index is 9.10. The van der Waals surface area contributed by atoms with Crippen molar-refractivity contribution < 1.29 is 5.11 Å². The van der Waals surface area contributed by atoms with Crippen LogP contribution in [0.5, 0.6) is 5.75 Å². The van der Waals surface area contributed by atoms with Crippen LogP contribution in [0.3, 0.4) is 0 Å². The summed E-state index contributed by atoms with van der Waals surface area (Å²) in [4.78, 5) is 0. The van der Waals surface area contributed by atoms with Crippen LogP contribution in [-0.2, 0) is 6.42 Å². The van der Waals surface area contributed by atoms with E-state index in [-0.39, 0.29) is 0 Å². The summed E-state index contributed by atoms with van der Waals surface area (Å²) < 4.78 is 0. The first kappa shape index (κ1) is 11.4. The van der Waals surface area contributed by atoms with Gasteiger partial charge in [-0.3, -0.25) is 0 Å². The fourth-order valence-electron chi connectivity index (χ4n) is 1.41. The fraction of sp³-hybridized carbons (Fsp3) is 0.500. The Labute approximate surface area is 90.5 Å². The van der Waals surface area contributed by atoms with E-state index in [0.29, 0.717) is 5.75 Å². The molecule has 0 aliphatic heterocycles. The molecule has 2 heteroatoms. The molecule has 0 atom stereocenters. The van der Waals surface area contributed by atoms with Gasteiger partial charge in [-0.05, 0) is 49.0 Å². The second-order valence-electron chi connectivity index (χ2n) is 3.47. The molecule has 0 unspecified atom stereocenters. The first-order valence-corrected chi connectivity index (χ1v) is 6.49. The second-order valence-corrected chi connectivity index (χ2v) is 4.46. The molecule has 1 N–H and O–H groups in total. The molecule has 0 bridgehead atoms. The van der Waals surface area contributed by atoms with Crippen LogP contribution in [-0.4, -0.2) is 17.1 Å². The van der Waals surface area contributed by atoms with Gasteiger partial charge in [-0.2, -0.15) is 11.8 Å². The van der Waals surface area contributed by atoms with Gasteiger partial charge in [0.1, 0.15) is 5.75 Å². The molecule has 78 valence electrons. The van der Waals surface area contributed by atoms with E-state index in [2.05, 4.69) is 6.26 Å². The number of phenolic OH excluding ortho intramolecular Hbond substituents is 1. The van der Waals surface area contributed by atoms with Gasteiger partial charge in [-0.25, -0.2) is 0 Å². The van der Waals surface area contributed by atoms with Crippen molar-refractivity contribution >= 4 is 11.8 Å². The van der Waals surface area contributed by atoms with Crippen LogP contribution in [0.15, 0.2) is 24.3 Å². The summed E-state index contributed by atoms with van der Waals surface area (Å²) in [7, 11) is 0. The van der Waals surface area contributed by atoms with Crippen LogP contribution in [0.2, 0.25) is 0 Å². The normalized spacial score (nSPS) is 10.4. The molecular formula is C12H18OS. The number of unbranched alkanes of at least 4 members (excludes halogenated alkanes) is 2. The van der Waals surface area contributed by atoms with Gasteiger partial charge >= 0.3 is 0 Å². The Morgan fingerprint density at radius 1 is 1.07 bits per heavy atom. The zero-order valence-electron chi connectivity index (χ0n) is 8.70. The summed E-state index contributed by atoms with van der Waals surface area (Å²) in [5.74, 6) is 1.63. The van der Waals surface area contributed by atoms with E-state index >= 15 is 0 Å². The number of thioether (sulfide) groups is 1. The Balaban J connectivity index is 2.15. The van der Waals surface area contributed by atoms with Crippen molar-refractivity contribution in [3.8, 4) is 5.75 Å². The van der Waals surface area contributed by atoms with E-state index in [1.54, 1.807) is 12.1 Å². The van der Waals surface area contributed by atoms with Crippen LogP contribution in [0.25, 0.3) is 0 Å². The number of aromatic hydroxyl groups is 1. The SMILES string of the molecule is CSCCCCCc1ccc(O)cc1. The number of hydrogen-bond acceptors (Lipinski definition) is 2. The number of aryl methyl sites for hydroxylation is 1. The lowest BCUT2D eigenvalue weighted by Crippen LogP contribution is -1.86. The van der Waals surface area contributed by atoms with Gasteiger partial charge in [0.15, 0.2) is 0 Å². The van der Waals surface area contributed by atoms with Crippen molar-refractivity contribution in [2.75, 3.05) is 12.0 Å². The number of phenols is 1. The van der Waals surface area contributed by atoms with Gasteiger partial charge in [0.25, 0.3) is 0 Å². The van der Waals surface area contributed by atoms with Crippen molar-refractivity contribution in [3.05, 3.63) is 29.8 Å². The van der Waals surface area contributed by atoms with Crippen LogP contribution in [0.4, 0.5) is 0 Å². The molecule has 0 saturated heterocycles. The Kier molecular flexibility index (Phi) is 5.53. The predicted molar refractivity (Wildman–Crippen MR) is 64.0 cm³/mol. The molecule has 1 nitrogen and oxygen atoms in total. The van der Waals surface area contributed by atoms with Crippen molar-refractivity contribution in [2.24, 2.45) is 0 Å². The van der Waals surface area contributed by atoms with Crippen LogP contribution >= 0.6 is 11.8 Å². The van der Waals surface area contributed by atoms with Crippen LogP contribution < -0.4 is 0 Å². The Bertz CT molecular complexity index is 243. The highest BCUT2D eigenvalue weighted by atomic mass is 32.2. The first-order valence-electron chi connectivity index (χ1n) is 5.10. The van der Waals surface area contributed by atoms with Gasteiger partial charge in [0.2, 0.25) is 0 Å². The summed E-state index contributed by atoms with van der Waals surface area (Å²) in [5, 5.41) is 9.10. The van der Waals surface area contributed by atoms with E-state index in [0.717, 1.165) is 6.42 Å². The summed E-state index contributed by atoms with van der Waals surface area (Å²) in [6, 6.07) is 7.53. The molecule has 0 aliphatic rings. The van der Waals surface area contributed by atoms with Crippen molar-refractivity contribution in [3.63, 3.8) is 0 Å². The monoisotopic (exact) mass is 210 g/mol. The molecule has 0 spiro atoms. The number of rotatable bonds is 6. The Hall–Kier alpha value is -0.630. The molecule has 0 saturated carbocycles. The van der Waals surface area contributed by atoms with Gasteiger partial charge in [0, 0.05) is 0 Å². The molecule has 14 heavy (non-hydrogen) atoms. The lowest BCUT2D eigenvalue weighted by atomic mass is 10.1. The minimum Gasteiger partial charge on any atom is -0.508 e. The van der Waals surface area contributed by atoms with E-state index in [1.807, 2.05) is 23.9 Å². The molecule has 0 aromatic heterocycles. The summed E-state index contributed by atoms with van der Waals surface area (Å²) in [6.07, 6.45) is 7.17. The first-order chi connectivity index (χ1) is 6.83. The maximum Gasteiger partial charge on any atom is 0.115 e. The van der Waals surface area contributed by atoms with Crippen LogP contribution in [0.1, 0.15) is 24.8 Å². The summed E-state index contributed by atoms with van der Waals surface area (Å²) >= 11 is 1.92. The Morgan fingerprint density at radius 2 is 1.79 bits per heavy atom. The molecule has 0 radical (unpaired) electrons. The third kappa shape index (κ3) is 4.56. The highest BCUT2D eigenvalue weighted by Gasteiger charge is 1.93. The third-order valence-corrected chi connectivity index (χ3v) is 2.95. The zero-order valence-corrected chi connectivity index (χ0v) is 9.52. The lowest BCUT2D eigenvalue weighted by molar-refractivity contribution is 0.475. The van der Waals surface area contributed by atoms with E-state index in [1.165, 1.54) is 30.6 Å². The van der Waals surface area contributed by atoms with Gasteiger partial charge in [0.05, 0.1) is 0 Å². The highest BCUT2D eigenvalue weighted by molar-refractivity contribution is 7.98. The van der Waals surface area contributed by atoms with E-state index in [4.69, 9.17) is 5.11 Å². The topological polar surface area (TPSA) is 20.2 Å². The lowest BCUT2D eigenvalue weighted by Gasteiger charge is -2.01. The van der Waals surface area contributed by atoms with Crippen molar-refractivity contribution in [2.45, 2.75) is 25.7 Å². The second kappa shape index (κ2) is 6.77. The number of benzene rings is 1. The third-order valence-electron chi connectivity index (χ3n) is 2.25. The number of hydrogen-bond donors (Lipinski definition) is 1. The predicted octanol–water partition coefficient (Wildman–Crippen LogP) is 3.47. The van der Waals surface area contributed by atoms with Gasteiger partial charge < -0.3 is 5.11 Å². The quantitative estimate of drug-likeness (QED) is 0.725. The summed E-state index contributed by atoms with van der Waals surface area (Å²) in [6.45, 7) is 0. The van der Waals surface area contributed by atoms with E-state index < -0.39 is 0 Å². The van der Waals surface area contributed by atoms with Crippen molar-refractivity contribution in [1.82, 2.24) is 0 Å². The maximum atomic E-state index is 9.10.